The zero-order valence-corrected chi connectivity index (χ0v) is 12.9. The molecule has 0 aliphatic rings. The quantitative estimate of drug-likeness (QED) is 0.595. The largest absolute Gasteiger partial charge is 0.388 e. The van der Waals surface area contributed by atoms with Crippen LogP contribution in [0.25, 0.3) is 11.2 Å². The molecule has 4 N–H and O–H groups in total. The monoisotopic (exact) mass is 292 g/mol. The molecule has 2 aromatic rings. The van der Waals surface area contributed by atoms with Gasteiger partial charge < -0.3 is 20.7 Å². The van der Waals surface area contributed by atoms with Crippen molar-refractivity contribution in [2.45, 2.75) is 45.6 Å². The van der Waals surface area contributed by atoms with Crippen LogP contribution in [0.3, 0.4) is 0 Å². The number of nitrogens with zero attached hydrogens (tertiary/aromatic N) is 3. The van der Waals surface area contributed by atoms with Crippen molar-refractivity contribution in [3.05, 3.63) is 6.33 Å². The number of imidazole rings is 1. The molecule has 2 rings (SSSR count). The van der Waals surface area contributed by atoms with Gasteiger partial charge in [0.1, 0.15) is 5.52 Å². The summed E-state index contributed by atoms with van der Waals surface area (Å²) in [4.78, 5) is 16.0. The molecule has 2 heterocycles. The number of nitrogens with one attached hydrogen (secondary N) is 3. The first-order valence-corrected chi connectivity index (χ1v) is 7.47. The molecular formula is C14H24N6O. The van der Waals surface area contributed by atoms with Crippen molar-refractivity contribution in [3.63, 3.8) is 0 Å². The molecule has 0 aliphatic heterocycles. The van der Waals surface area contributed by atoms with E-state index in [0.29, 0.717) is 24.0 Å². The van der Waals surface area contributed by atoms with Crippen molar-refractivity contribution < 1.29 is 5.11 Å². The van der Waals surface area contributed by atoms with Gasteiger partial charge in [0.15, 0.2) is 11.5 Å². The van der Waals surface area contributed by atoms with Crippen LogP contribution in [0, 0.1) is 0 Å². The molecule has 1 unspecified atom stereocenters. The fourth-order valence-corrected chi connectivity index (χ4v) is 2.18. The molecule has 7 nitrogen and oxygen atoms in total. The molecule has 0 saturated carbocycles. The SMILES string of the molecule is CCCNc1nc(NCC(C)(O)CCC)c2[nH]cnc2n1. The van der Waals surface area contributed by atoms with Crippen molar-refractivity contribution >= 4 is 22.9 Å². The van der Waals surface area contributed by atoms with Crippen LogP contribution in [0.4, 0.5) is 11.8 Å². The molecule has 0 saturated heterocycles. The predicted octanol–water partition coefficient (Wildman–Crippen LogP) is 2.14. The highest BCUT2D eigenvalue weighted by atomic mass is 16.3. The summed E-state index contributed by atoms with van der Waals surface area (Å²) < 4.78 is 0. The number of anilines is 2. The first kappa shape index (κ1) is 15.5. The Bertz CT molecular complexity index is 580. The van der Waals surface area contributed by atoms with Crippen molar-refractivity contribution in [1.29, 1.82) is 0 Å². The maximum Gasteiger partial charge on any atom is 0.226 e. The smallest absolute Gasteiger partial charge is 0.226 e. The average Bonchev–Trinajstić information content (AvgIpc) is 2.91. The number of aromatic nitrogens is 4. The summed E-state index contributed by atoms with van der Waals surface area (Å²) in [6.45, 7) is 7.20. The highest BCUT2D eigenvalue weighted by Crippen LogP contribution is 2.20. The van der Waals surface area contributed by atoms with E-state index in [2.05, 4.69) is 44.4 Å². The lowest BCUT2D eigenvalue weighted by molar-refractivity contribution is 0.0636. The van der Waals surface area contributed by atoms with Gasteiger partial charge in [0, 0.05) is 13.1 Å². The van der Waals surface area contributed by atoms with Crippen molar-refractivity contribution in [1.82, 2.24) is 19.9 Å². The number of rotatable bonds is 8. The lowest BCUT2D eigenvalue weighted by Gasteiger charge is -2.23. The summed E-state index contributed by atoms with van der Waals surface area (Å²) in [5, 5.41) is 16.6. The third-order valence-electron chi connectivity index (χ3n) is 3.24. The summed E-state index contributed by atoms with van der Waals surface area (Å²) in [5.41, 5.74) is 0.605. The number of aromatic amines is 1. The van der Waals surface area contributed by atoms with Gasteiger partial charge in [-0.3, -0.25) is 0 Å². The number of fused-ring (bicyclic) bond motifs is 1. The van der Waals surface area contributed by atoms with E-state index in [0.717, 1.165) is 31.3 Å². The van der Waals surface area contributed by atoms with Gasteiger partial charge >= 0.3 is 0 Å². The Balaban J connectivity index is 2.18. The minimum atomic E-state index is -0.761. The Hall–Kier alpha value is -1.89. The topological polar surface area (TPSA) is 98.8 Å². The second-order valence-electron chi connectivity index (χ2n) is 5.52. The van der Waals surface area contributed by atoms with Gasteiger partial charge in [-0.25, -0.2) is 4.98 Å². The van der Waals surface area contributed by atoms with E-state index < -0.39 is 5.60 Å². The third kappa shape index (κ3) is 4.04. The maximum atomic E-state index is 10.3. The molecule has 0 spiro atoms. The zero-order chi connectivity index (χ0) is 15.3. The Morgan fingerprint density at radius 3 is 2.76 bits per heavy atom. The first-order chi connectivity index (χ1) is 10.1. The standard InChI is InChI=1S/C14H24N6O/c1-4-6-14(3,21)8-16-11-10-12(18-9-17-10)20-13(19-11)15-7-5-2/h9,21H,4-8H2,1-3H3,(H3,15,16,17,18,19,20). The number of aliphatic hydroxyl groups is 1. The number of hydrogen-bond acceptors (Lipinski definition) is 6. The molecule has 7 heteroatoms. The Morgan fingerprint density at radius 2 is 2.05 bits per heavy atom. The molecule has 2 aromatic heterocycles. The van der Waals surface area contributed by atoms with Gasteiger partial charge in [-0.15, -0.1) is 0 Å². The van der Waals surface area contributed by atoms with Crippen LogP contribution in [0.1, 0.15) is 40.0 Å². The molecule has 0 radical (unpaired) electrons. The van der Waals surface area contributed by atoms with Gasteiger partial charge in [-0.05, 0) is 19.8 Å². The lowest BCUT2D eigenvalue weighted by Crippen LogP contribution is -2.33. The van der Waals surface area contributed by atoms with E-state index in [1.807, 2.05) is 6.92 Å². The maximum absolute atomic E-state index is 10.3. The van der Waals surface area contributed by atoms with Crippen LogP contribution in [0.5, 0.6) is 0 Å². The third-order valence-corrected chi connectivity index (χ3v) is 3.24. The zero-order valence-electron chi connectivity index (χ0n) is 12.9. The molecule has 21 heavy (non-hydrogen) atoms. The van der Waals surface area contributed by atoms with Crippen LogP contribution >= 0.6 is 0 Å². The van der Waals surface area contributed by atoms with Gasteiger partial charge in [-0.2, -0.15) is 9.97 Å². The van der Waals surface area contributed by atoms with Crippen molar-refractivity contribution in [3.8, 4) is 0 Å². The number of H-pyrrole nitrogens is 1. The molecular weight excluding hydrogens is 268 g/mol. The second kappa shape index (κ2) is 6.71. The minimum absolute atomic E-state index is 0.430. The Kier molecular flexibility index (Phi) is 4.95. The fourth-order valence-electron chi connectivity index (χ4n) is 2.18. The molecule has 0 fully saturated rings. The van der Waals surface area contributed by atoms with E-state index in [4.69, 9.17) is 0 Å². The molecule has 0 amide bonds. The first-order valence-electron chi connectivity index (χ1n) is 7.47. The van der Waals surface area contributed by atoms with Crippen molar-refractivity contribution in [2.24, 2.45) is 0 Å². The summed E-state index contributed by atoms with van der Waals surface area (Å²) in [5.74, 6) is 1.21. The normalized spacial score (nSPS) is 14.1. The van der Waals surface area contributed by atoms with Crippen LogP contribution in [0.15, 0.2) is 6.33 Å². The van der Waals surface area contributed by atoms with Crippen LogP contribution in [-0.2, 0) is 0 Å². The summed E-state index contributed by atoms with van der Waals surface area (Å²) in [6, 6.07) is 0. The van der Waals surface area contributed by atoms with Crippen molar-refractivity contribution in [2.75, 3.05) is 23.7 Å². The average molecular weight is 292 g/mol. The Labute approximate surface area is 124 Å². The molecule has 0 bridgehead atoms. The van der Waals surface area contributed by atoms with E-state index in [1.54, 1.807) is 6.33 Å². The molecule has 0 aromatic carbocycles. The Morgan fingerprint density at radius 1 is 1.24 bits per heavy atom. The van der Waals surface area contributed by atoms with Crippen LogP contribution in [0.2, 0.25) is 0 Å². The number of hydrogen-bond donors (Lipinski definition) is 4. The van der Waals surface area contributed by atoms with Crippen LogP contribution < -0.4 is 10.6 Å². The summed E-state index contributed by atoms with van der Waals surface area (Å²) in [6.07, 6.45) is 4.26. The van der Waals surface area contributed by atoms with Crippen LogP contribution in [-0.4, -0.2) is 43.7 Å². The van der Waals surface area contributed by atoms with E-state index in [-0.39, 0.29) is 0 Å². The predicted molar refractivity (Wildman–Crippen MR) is 84.5 cm³/mol. The van der Waals surface area contributed by atoms with E-state index in [1.165, 1.54) is 0 Å². The molecule has 1 atom stereocenters. The highest BCUT2D eigenvalue weighted by Gasteiger charge is 2.20. The van der Waals surface area contributed by atoms with Gasteiger partial charge in [0.05, 0.1) is 11.9 Å². The van der Waals surface area contributed by atoms with Gasteiger partial charge in [-0.1, -0.05) is 20.3 Å². The lowest BCUT2D eigenvalue weighted by atomic mass is 10.0. The highest BCUT2D eigenvalue weighted by molar-refractivity contribution is 5.83. The second-order valence-corrected chi connectivity index (χ2v) is 5.52. The van der Waals surface area contributed by atoms with Gasteiger partial charge in [0.25, 0.3) is 0 Å². The molecule has 0 aliphatic carbocycles. The summed E-state index contributed by atoms with van der Waals surface area (Å²) >= 11 is 0. The fraction of sp³-hybridized carbons (Fsp3) is 0.643. The van der Waals surface area contributed by atoms with E-state index in [9.17, 15) is 5.11 Å². The molecule has 116 valence electrons. The van der Waals surface area contributed by atoms with Gasteiger partial charge in [0.2, 0.25) is 5.95 Å². The minimum Gasteiger partial charge on any atom is -0.388 e. The van der Waals surface area contributed by atoms with E-state index >= 15 is 0 Å². The summed E-state index contributed by atoms with van der Waals surface area (Å²) in [7, 11) is 0.